The summed E-state index contributed by atoms with van der Waals surface area (Å²) in [6, 6.07) is 13.2. The number of hydrogen-bond acceptors (Lipinski definition) is 3. The highest BCUT2D eigenvalue weighted by Gasteiger charge is 2.34. The molecule has 2 aromatic carbocycles. The van der Waals surface area contributed by atoms with E-state index in [0.717, 1.165) is 23.3 Å². The highest BCUT2D eigenvalue weighted by Crippen LogP contribution is 2.40. The molecule has 0 fully saturated rings. The number of aryl methyl sites for hydroxylation is 1. The van der Waals surface area contributed by atoms with Gasteiger partial charge in [0.2, 0.25) is 0 Å². The number of carbonyl (C=O) groups is 1. The lowest BCUT2D eigenvalue weighted by Crippen LogP contribution is -2.41. The van der Waals surface area contributed by atoms with Crippen LogP contribution in [-0.4, -0.2) is 18.6 Å². The molecule has 126 valence electrons. The third kappa shape index (κ3) is 3.37. The van der Waals surface area contributed by atoms with Gasteiger partial charge in [0.15, 0.2) is 0 Å². The van der Waals surface area contributed by atoms with Crippen molar-refractivity contribution in [1.29, 1.82) is 0 Å². The number of rotatable bonds is 3. The molecule has 1 heterocycles. The van der Waals surface area contributed by atoms with Crippen LogP contribution in [0.5, 0.6) is 11.5 Å². The molecule has 0 saturated carbocycles. The van der Waals surface area contributed by atoms with Crippen LogP contribution < -0.4 is 14.8 Å². The van der Waals surface area contributed by atoms with Gasteiger partial charge in [0.25, 0.3) is 5.91 Å². The molecule has 2 aromatic rings. The second kappa shape index (κ2) is 6.19. The molecule has 1 aliphatic heterocycles. The maximum atomic E-state index is 12.7. The molecule has 3 rings (SSSR count). The Kier molecular flexibility index (Phi) is 4.22. The van der Waals surface area contributed by atoms with E-state index >= 15 is 0 Å². The molecular formula is C20H23NO3. The summed E-state index contributed by atoms with van der Waals surface area (Å²) in [7, 11) is 1.59. The van der Waals surface area contributed by atoms with Crippen molar-refractivity contribution in [1.82, 2.24) is 5.32 Å². The minimum Gasteiger partial charge on any atom is -0.497 e. The summed E-state index contributed by atoms with van der Waals surface area (Å²) < 4.78 is 11.3. The van der Waals surface area contributed by atoms with Crippen LogP contribution in [0.15, 0.2) is 42.5 Å². The van der Waals surface area contributed by atoms with Gasteiger partial charge in [-0.15, -0.1) is 0 Å². The fourth-order valence-electron chi connectivity index (χ4n) is 3.09. The zero-order valence-electron chi connectivity index (χ0n) is 14.6. The Morgan fingerprint density at radius 1 is 1.25 bits per heavy atom. The van der Waals surface area contributed by atoms with Crippen LogP contribution >= 0.6 is 0 Å². The van der Waals surface area contributed by atoms with Gasteiger partial charge in [0.05, 0.1) is 13.2 Å². The summed E-state index contributed by atoms with van der Waals surface area (Å²) >= 11 is 0. The Balaban J connectivity index is 1.87. The molecule has 0 spiro atoms. The Morgan fingerprint density at radius 2 is 2.04 bits per heavy atom. The van der Waals surface area contributed by atoms with E-state index in [1.165, 1.54) is 0 Å². The minimum atomic E-state index is -0.326. The molecule has 1 N–H and O–H groups in total. The molecule has 0 aliphatic carbocycles. The van der Waals surface area contributed by atoms with E-state index in [1.54, 1.807) is 19.2 Å². The minimum absolute atomic E-state index is 0.0805. The molecule has 4 heteroatoms. The SMILES string of the molecule is COc1cccc(C(=O)N[C@@H]2CC(C)(C)Oc3cc(C)ccc32)c1. The first-order chi connectivity index (χ1) is 11.4. The predicted molar refractivity (Wildman–Crippen MR) is 93.7 cm³/mol. The fourth-order valence-corrected chi connectivity index (χ4v) is 3.09. The summed E-state index contributed by atoms with van der Waals surface area (Å²) in [5.41, 5.74) is 2.43. The molecule has 1 atom stereocenters. The van der Waals surface area contributed by atoms with Crippen molar-refractivity contribution < 1.29 is 14.3 Å². The van der Waals surface area contributed by atoms with E-state index in [4.69, 9.17) is 9.47 Å². The molecule has 0 unspecified atom stereocenters. The van der Waals surface area contributed by atoms with E-state index in [1.807, 2.05) is 51.1 Å². The van der Waals surface area contributed by atoms with Gasteiger partial charge in [-0.05, 0) is 50.6 Å². The lowest BCUT2D eigenvalue weighted by atomic mass is 9.89. The molecule has 0 saturated heterocycles. The summed E-state index contributed by atoms with van der Waals surface area (Å²) in [5.74, 6) is 1.41. The fraction of sp³-hybridized carbons (Fsp3) is 0.350. The van der Waals surface area contributed by atoms with Crippen LogP contribution in [0.1, 0.15) is 47.8 Å². The Labute approximate surface area is 142 Å². The lowest BCUT2D eigenvalue weighted by Gasteiger charge is -2.38. The number of carbonyl (C=O) groups excluding carboxylic acids is 1. The van der Waals surface area contributed by atoms with Crippen LogP contribution in [0.3, 0.4) is 0 Å². The third-order valence-electron chi connectivity index (χ3n) is 4.26. The Morgan fingerprint density at radius 3 is 2.79 bits per heavy atom. The second-order valence-electron chi connectivity index (χ2n) is 6.87. The maximum Gasteiger partial charge on any atom is 0.251 e. The average molecular weight is 325 g/mol. The first kappa shape index (κ1) is 16.4. The molecule has 1 amide bonds. The van der Waals surface area contributed by atoms with Gasteiger partial charge in [0, 0.05) is 17.5 Å². The molecule has 24 heavy (non-hydrogen) atoms. The number of benzene rings is 2. The van der Waals surface area contributed by atoms with Crippen molar-refractivity contribution in [3.8, 4) is 11.5 Å². The normalized spacial score (nSPS) is 18.2. The van der Waals surface area contributed by atoms with Gasteiger partial charge in [-0.1, -0.05) is 18.2 Å². The molecule has 0 aromatic heterocycles. The monoisotopic (exact) mass is 325 g/mol. The summed E-state index contributed by atoms with van der Waals surface area (Å²) in [6.07, 6.45) is 0.721. The first-order valence-electron chi connectivity index (χ1n) is 8.12. The smallest absolute Gasteiger partial charge is 0.251 e. The summed E-state index contributed by atoms with van der Waals surface area (Å²) in [5, 5.41) is 3.14. The van der Waals surface area contributed by atoms with E-state index in [0.29, 0.717) is 11.3 Å². The largest absolute Gasteiger partial charge is 0.497 e. The number of ether oxygens (including phenoxy) is 2. The second-order valence-corrected chi connectivity index (χ2v) is 6.87. The van der Waals surface area contributed by atoms with Crippen LogP contribution in [0.4, 0.5) is 0 Å². The van der Waals surface area contributed by atoms with Crippen molar-refractivity contribution in [2.45, 2.75) is 38.8 Å². The van der Waals surface area contributed by atoms with Crippen LogP contribution in [-0.2, 0) is 0 Å². The van der Waals surface area contributed by atoms with Crippen molar-refractivity contribution in [2.24, 2.45) is 0 Å². The quantitative estimate of drug-likeness (QED) is 0.926. The average Bonchev–Trinajstić information content (AvgIpc) is 2.53. The van der Waals surface area contributed by atoms with Crippen molar-refractivity contribution in [3.63, 3.8) is 0 Å². The topological polar surface area (TPSA) is 47.6 Å². The van der Waals surface area contributed by atoms with Crippen molar-refractivity contribution in [3.05, 3.63) is 59.2 Å². The third-order valence-corrected chi connectivity index (χ3v) is 4.26. The van der Waals surface area contributed by atoms with Gasteiger partial charge in [-0.2, -0.15) is 0 Å². The number of nitrogens with one attached hydrogen (secondary N) is 1. The van der Waals surface area contributed by atoms with Gasteiger partial charge in [-0.25, -0.2) is 0 Å². The van der Waals surface area contributed by atoms with Crippen molar-refractivity contribution in [2.75, 3.05) is 7.11 Å². The maximum absolute atomic E-state index is 12.7. The van der Waals surface area contributed by atoms with Crippen LogP contribution in [0, 0.1) is 6.92 Å². The zero-order chi connectivity index (χ0) is 17.3. The van der Waals surface area contributed by atoms with E-state index in [2.05, 4.69) is 5.32 Å². The first-order valence-corrected chi connectivity index (χ1v) is 8.12. The summed E-state index contributed by atoms with van der Waals surface area (Å²) in [6.45, 7) is 6.13. The number of hydrogen-bond donors (Lipinski definition) is 1. The predicted octanol–water partition coefficient (Wildman–Crippen LogP) is 4.04. The molecule has 0 radical (unpaired) electrons. The van der Waals surface area contributed by atoms with Crippen LogP contribution in [0.25, 0.3) is 0 Å². The lowest BCUT2D eigenvalue weighted by molar-refractivity contribution is 0.0619. The van der Waals surface area contributed by atoms with Gasteiger partial charge in [-0.3, -0.25) is 4.79 Å². The molecule has 1 aliphatic rings. The van der Waals surface area contributed by atoms with Gasteiger partial charge >= 0.3 is 0 Å². The number of methoxy groups -OCH3 is 1. The van der Waals surface area contributed by atoms with Crippen LogP contribution in [0.2, 0.25) is 0 Å². The highest BCUT2D eigenvalue weighted by molar-refractivity contribution is 5.94. The molecule has 0 bridgehead atoms. The van der Waals surface area contributed by atoms with E-state index in [-0.39, 0.29) is 17.6 Å². The Bertz CT molecular complexity index is 767. The standard InChI is InChI=1S/C20H23NO3/c1-13-8-9-16-17(12-20(2,3)24-18(16)10-13)21-19(22)14-6-5-7-15(11-14)23-4/h5-11,17H,12H2,1-4H3,(H,21,22)/t17-/m1/s1. The number of fused-ring (bicyclic) bond motifs is 1. The van der Waals surface area contributed by atoms with E-state index in [9.17, 15) is 4.79 Å². The summed E-state index contributed by atoms with van der Waals surface area (Å²) in [4.78, 5) is 12.7. The zero-order valence-corrected chi connectivity index (χ0v) is 14.6. The number of amides is 1. The highest BCUT2D eigenvalue weighted by atomic mass is 16.5. The Hall–Kier alpha value is -2.49. The molecule has 4 nitrogen and oxygen atoms in total. The molecular weight excluding hydrogens is 302 g/mol. The van der Waals surface area contributed by atoms with Crippen molar-refractivity contribution >= 4 is 5.91 Å². The van der Waals surface area contributed by atoms with E-state index < -0.39 is 0 Å². The van der Waals surface area contributed by atoms with Gasteiger partial charge in [0.1, 0.15) is 17.1 Å². The van der Waals surface area contributed by atoms with Gasteiger partial charge < -0.3 is 14.8 Å².